The number of hydrogen-bond donors (Lipinski definition) is 2. The number of phenolic OH excluding ortho intramolecular Hbond substituents is 1. The summed E-state index contributed by atoms with van der Waals surface area (Å²) < 4.78 is 29.2. The van der Waals surface area contributed by atoms with Gasteiger partial charge in [-0.15, -0.1) is 11.3 Å². The number of benzene rings is 1. The van der Waals surface area contributed by atoms with Crippen molar-refractivity contribution in [1.29, 1.82) is 0 Å². The van der Waals surface area contributed by atoms with Crippen LogP contribution >= 0.6 is 22.9 Å². The van der Waals surface area contributed by atoms with Gasteiger partial charge in [-0.1, -0.05) is 22.8 Å². The van der Waals surface area contributed by atoms with Gasteiger partial charge in [0, 0.05) is 5.56 Å². The second kappa shape index (κ2) is 7.45. The number of nitrogens with two attached hydrogens (primary N) is 1. The Labute approximate surface area is 176 Å². The molecule has 0 saturated carbocycles. The van der Waals surface area contributed by atoms with Gasteiger partial charge in [-0.2, -0.15) is 0 Å². The quantitative estimate of drug-likeness (QED) is 0.613. The summed E-state index contributed by atoms with van der Waals surface area (Å²) in [6.45, 7) is 6.72. The van der Waals surface area contributed by atoms with Gasteiger partial charge in [-0.3, -0.25) is 4.79 Å². The average Bonchev–Trinajstić information content (AvgIpc) is 3.25. The molecule has 2 heterocycles. The number of halogens is 1. The van der Waals surface area contributed by atoms with Crippen molar-refractivity contribution >= 4 is 50.4 Å². The molecule has 154 valence electrons. The highest BCUT2D eigenvalue weighted by Crippen LogP contribution is 2.42. The highest BCUT2D eigenvalue weighted by Gasteiger charge is 2.34. The highest BCUT2D eigenvalue weighted by molar-refractivity contribution is 7.89. The standard InChI is InChI=1S/C18H18ClN3O5S2/c1-8-7-9(2)15(23)10(3)14(8)22(18-13(19)11(4)21-27-18)17(24)16-12(5-6-28-16)29(20,25)26/h5-7,23H,1-4H3,(H2,20,25,26). The molecule has 0 bridgehead atoms. The molecule has 1 amide bonds. The van der Waals surface area contributed by atoms with E-state index < -0.39 is 15.9 Å². The van der Waals surface area contributed by atoms with Gasteiger partial charge >= 0.3 is 0 Å². The number of nitrogens with zero attached hydrogens (tertiary/aromatic N) is 2. The van der Waals surface area contributed by atoms with Crippen LogP contribution < -0.4 is 10.0 Å². The fourth-order valence-electron chi connectivity index (χ4n) is 3.07. The number of anilines is 2. The molecule has 11 heteroatoms. The largest absolute Gasteiger partial charge is 0.507 e. The zero-order valence-corrected chi connectivity index (χ0v) is 18.4. The first-order valence-corrected chi connectivity index (χ1v) is 11.1. The fourth-order valence-corrected chi connectivity index (χ4v) is 5.12. The zero-order valence-electron chi connectivity index (χ0n) is 16.0. The highest BCUT2D eigenvalue weighted by atomic mass is 35.5. The number of amides is 1. The van der Waals surface area contributed by atoms with E-state index in [1.807, 2.05) is 0 Å². The van der Waals surface area contributed by atoms with Crippen molar-refractivity contribution in [1.82, 2.24) is 5.16 Å². The number of carbonyl (C=O) groups excluding carboxylic acids is 1. The van der Waals surface area contributed by atoms with Gasteiger partial charge < -0.3 is 9.63 Å². The van der Waals surface area contributed by atoms with E-state index in [-0.39, 0.29) is 26.4 Å². The van der Waals surface area contributed by atoms with Crippen LogP contribution in [0.25, 0.3) is 0 Å². The van der Waals surface area contributed by atoms with E-state index in [0.29, 0.717) is 28.1 Å². The minimum Gasteiger partial charge on any atom is -0.507 e. The van der Waals surface area contributed by atoms with Crippen molar-refractivity contribution in [2.24, 2.45) is 5.14 Å². The maximum absolute atomic E-state index is 13.5. The molecule has 0 radical (unpaired) electrons. The number of phenols is 1. The second-order valence-electron chi connectivity index (χ2n) is 6.52. The number of hydrogen-bond acceptors (Lipinski definition) is 7. The number of aromatic hydroxyl groups is 1. The van der Waals surface area contributed by atoms with Crippen LogP contribution in [0, 0.1) is 27.7 Å². The number of carbonyl (C=O) groups is 1. The molecule has 0 aliphatic heterocycles. The molecule has 3 aromatic rings. The van der Waals surface area contributed by atoms with E-state index in [9.17, 15) is 18.3 Å². The maximum atomic E-state index is 13.5. The summed E-state index contributed by atoms with van der Waals surface area (Å²) in [7, 11) is -4.14. The summed E-state index contributed by atoms with van der Waals surface area (Å²) in [6.07, 6.45) is 0. The van der Waals surface area contributed by atoms with Crippen LogP contribution in [0.5, 0.6) is 5.75 Å². The Balaban J connectivity index is 2.33. The average molecular weight is 456 g/mol. The van der Waals surface area contributed by atoms with E-state index >= 15 is 0 Å². The lowest BCUT2D eigenvalue weighted by Crippen LogP contribution is -2.28. The molecule has 0 spiro atoms. The van der Waals surface area contributed by atoms with Gasteiger partial charge in [-0.25, -0.2) is 18.5 Å². The smallest absolute Gasteiger partial charge is 0.276 e. The summed E-state index contributed by atoms with van der Waals surface area (Å²) in [6, 6.07) is 2.95. The molecule has 0 saturated heterocycles. The number of primary sulfonamides is 1. The minimum atomic E-state index is -4.14. The fraction of sp³-hybridized carbons (Fsp3) is 0.222. The Morgan fingerprint density at radius 3 is 2.48 bits per heavy atom. The Hall–Kier alpha value is -2.40. The molecule has 3 rings (SSSR count). The molecule has 3 N–H and O–H groups in total. The summed E-state index contributed by atoms with van der Waals surface area (Å²) in [5.41, 5.74) is 2.32. The Bertz CT molecular complexity index is 1230. The predicted molar refractivity (Wildman–Crippen MR) is 111 cm³/mol. The Kier molecular flexibility index (Phi) is 5.48. The lowest BCUT2D eigenvalue weighted by molar-refractivity contribution is 0.0995. The molecule has 8 nitrogen and oxygen atoms in total. The predicted octanol–water partition coefficient (Wildman–Crippen LogP) is 3.95. The lowest BCUT2D eigenvalue weighted by atomic mass is 10.0. The van der Waals surface area contributed by atoms with E-state index in [0.717, 1.165) is 16.2 Å². The summed E-state index contributed by atoms with van der Waals surface area (Å²) >= 11 is 7.23. The zero-order chi connectivity index (χ0) is 21.7. The van der Waals surface area contributed by atoms with Crippen LogP contribution in [-0.4, -0.2) is 24.6 Å². The molecule has 2 aromatic heterocycles. The van der Waals surface area contributed by atoms with Crippen molar-refractivity contribution < 1.29 is 22.8 Å². The number of thiophene rings is 1. The van der Waals surface area contributed by atoms with Gasteiger partial charge in [0.2, 0.25) is 10.0 Å². The normalized spacial score (nSPS) is 11.7. The second-order valence-corrected chi connectivity index (χ2v) is 9.34. The van der Waals surface area contributed by atoms with Crippen molar-refractivity contribution in [2.75, 3.05) is 4.90 Å². The molecule has 29 heavy (non-hydrogen) atoms. The van der Waals surface area contributed by atoms with Crippen LogP contribution in [0.15, 0.2) is 26.9 Å². The van der Waals surface area contributed by atoms with Gasteiger partial charge in [0.15, 0.2) is 0 Å². The van der Waals surface area contributed by atoms with E-state index in [2.05, 4.69) is 5.16 Å². The van der Waals surface area contributed by atoms with Crippen LogP contribution in [0.3, 0.4) is 0 Å². The number of rotatable bonds is 4. The maximum Gasteiger partial charge on any atom is 0.276 e. The Morgan fingerprint density at radius 1 is 1.28 bits per heavy atom. The SMILES string of the molecule is Cc1cc(C)c(N(C(=O)c2sccc2S(N)(=O)=O)c2onc(C)c2Cl)c(C)c1O. The van der Waals surface area contributed by atoms with Gasteiger partial charge in [0.25, 0.3) is 11.8 Å². The third-order valence-corrected chi connectivity index (χ3v) is 6.84. The van der Waals surface area contributed by atoms with E-state index in [1.165, 1.54) is 11.4 Å². The summed E-state index contributed by atoms with van der Waals surface area (Å²) in [5, 5.41) is 21.0. The van der Waals surface area contributed by atoms with E-state index in [4.69, 9.17) is 21.3 Å². The minimum absolute atomic E-state index is 0.00592. The first-order chi connectivity index (χ1) is 13.4. The molecule has 0 aliphatic carbocycles. The number of aromatic nitrogens is 1. The Morgan fingerprint density at radius 2 is 1.93 bits per heavy atom. The topological polar surface area (TPSA) is 127 Å². The van der Waals surface area contributed by atoms with Crippen LogP contribution in [0.4, 0.5) is 11.6 Å². The third-order valence-electron chi connectivity index (χ3n) is 4.42. The van der Waals surface area contributed by atoms with E-state index in [1.54, 1.807) is 33.8 Å². The first-order valence-electron chi connectivity index (χ1n) is 8.31. The third kappa shape index (κ3) is 3.64. The summed E-state index contributed by atoms with van der Waals surface area (Å²) in [4.78, 5) is 14.2. The molecular weight excluding hydrogens is 438 g/mol. The van der Waals surface area contributed by atoms with Crippen molar-refractivity contribution in [3.8, 4) is 5.75 Å². The van der Waals surface area contributed by atoms with Crippen molar-refractivity contribution in [3.05, 3.63) is 49.8 Å². The molecule has 0 atom stereocenters. The molecule has 1 aromatic carbocycles. The van der Waals surface area contributed by atoms with Crippen LogP contribution in [0.2, 0.25) is 5.02 Å². The van der Waals surface area contributed by atoms with Crippen LogP contribution in [-0.2, 0) is 10.0 Å². The first kappa shape index (κ1) is 21.3. The van der Waals surface area contributed by atoms with Crippen molar-refractivity contribution in [3.63, 3.8) is 0 Å². The van der Waals surface area contributed by atoms with Crippen LogP contribution in [0.1, 0.15) is 32.1 Å². The molecular formula is C18H18ClN3O5S2. The monoisotopic (exact) mass is 455 g/mol. The number of sulfonamides is 1. The van der Waals surface area contributed by atoms with Gasteiger partial charge in [0.05, 0.1) is 5.69 Å². The summed E-state index contributed by atoms with van der Waals surface area (Å²) in [5.74, 6) is -0.817. The molecule has 0 aliphatic rings. The van der Waals surface area contributed by atoms with Crippen molar-refractivity contribution in [2.45, 2.75) is 32.6 Å². The number of aryl methyl sites for hydroxylation is 3. The van der Waals surface area contributed by atoms with Gasteiger partial charge in [-0.05, 0) is 50.3 Å². The molecule has 0 unspecified atom stereocenters. The lowest BCUT2D eigenvalue weighted by Gasteiger charge is -2.25. The van der Waals surface area contributed by atoms with Gasteiger partial charge in [0.1, 0.15) is 26.2 Å². The molecule has 0 fully saturated rings.